The fourth-order valence-corrected chi connectivity index (χ4v) is 2.31. The number of hydrogen-bond donors (Lipinski definition) is 2. The van der Waals surface area contributed by atoms with Crippen LogP contribution in [0.3, 0.4) is 0 Å². The molecule has 0 atom stereocenters. The van der Waals surface area contributed by atoms with Crippen LogP contribution in [0, 0.1) is 0 Å². The van der Waals surface area contributed by atoms with E-state index >= 15 is 0 Å². The Morgan fingerprint density at radius 1 is 0.870 bits per heavy atom. The van der Waals surface area contributed by atoms with Gasteiger partial charge in [-0.05, 0) is 41.1 Å². The molecule has 0 saturated heterocycles. The second kappa shape index (κ2) is 5.81. The highest BCUT2D eigenvalue weighted by molar-refractivity contribution is 6.07. The zero-order valence-corrected chi connectivity index (χ0v) is 11.9. The summed E-state index contributed by atoms with van der Waals surface area (Å²) in [5.74, 6) is -1.86. The van der Waals surface area contributed by atoms with Gasteiger partial charge in [0.1, 0.15) is 17.1 Å². The van der Waals surface area contributed by atoms with Crippen molar-refractivity contribution >= 4 is 22.7 Å². The molecule has 0 fully saturated rings. The minimum Gasteiger partial charge on any atom is -0.508 e. The fourth-order valence-electron chi connectivity index (χ4n) is 2.31. The number of rotatable bonds is 3. The van der Waals surface area contributed by atoms with Crippen molar-refractivity contribution in [3.8, 4) is 11.5 Å². The van der Waals surface area contributed by atoms with E-state index in [1.54, 1.807) is 30.3 Å². The number of phenols is 1. The highest BCUT2D eigenvalue weighted by atomic mass is 16.5. The highest BCUT2D eigenvalue weighted by Gasteiger charge is 2.18. The van der Waals surface area contributed by atoms with Gasteiger partial charge in [0.05, 0.1) is 5.56 Å². The lowest BCUT2D eigenvalue weighted by molar-refractivity contribution is 0.0684. The first kappa shape index (κ1) is 14.6. The van der Waals surface area contributed by atoms with Crippen LogP contribution in [0.15, 0.2) is 60.7 Å². The number of hydrogen-bond acceptors (Lipinski definition) is 4. The maximum absolute atomic E-state index is 12.1. The molecule has 3 aromatic rings. The number of phenolic OH excluding ortho intramolecular Hbond substituents is 1. The van der Waals surface area contributed by atoms with Crippen molar-refractivity contribution in [2.75, 3.05) is 0 Å². The molecule has 0 bridgehead atoms. The lowest BCUT2D eigenvalue weighted by Crippen LogP contribution is -2.11. The number of esters is 1. The van der Waals surface area contributed by atoms with Crippen LogP contribution in [-0.2, 0) is 0 Å². The van der Waals surface area contributed by atoms with Gasteiger partial charge in [-0.15, -0.1) is 0 Å². The van der Waals surface area contributed by atoms with Crippen molar-refractivity contribution in [2.24, 2.45) is 0 Å². The van der Waals surface area contributed by atoms with Gasteiger partial charge in [-0.1, -0.05) is 30.3 Å². The average Bonchev–Trinajstić information content (AvgIpc) is 2.54. The number of carboxylic acid groups (broad SMARTS) is 1. The molecule has 0 heterocycles. The number of fused-ring (bicyclic) bond motifs is 1. The Bertz CT molecular complexity index is 897. The molecule has 0 aromatic heterocycles. The summed E-state index contributed by atoms with van der Waals surface area (Å²) in [5, 5.41) is 19.9. The summed E-state index contributed by atoms with van der Waals surface area (Å²) in [6.45, 7) is 0. The number of aromatic carboxylic acids is 1. The van der Waals surface area contributed by atoms with Crippen molar-refractivity contribution < 1.29 is 24.5 Å². The summed E-state index contributed by atoms with van der Waals surface area (Å²) in [5.41, 5.74) is 0.155. The molecule has 0 spiro atoms. The number of ether oxygens (including phenoxy) is 1. The topological polar surface area (TPSA) is 83.8 Å². The van der Waals surface area contributed by atoms with Gasteiger partial charge in [-0.3, -0.25) is 0 Å². The van der Waals surface area contributed by atoms with Crippen LogP contribution in [0.2, 0.25) is 0 Å². The predicted octanol–water partition coefficient (Wildman–Crippen LogP) is 3.46. The summed E-state index contributed by atoms with van der Waals surface area (Å²) in [6, 6.07) is 15.6. The van der Waals surface area contributed by atoms with Crippen molar-refractivity contribution in [3.63, 3.8) is 0 Å². The van der Waals surface area contributed by atoms with Gasteiger partial charge in [0.25, 0.3) is 0 Å². The number of carboxylic acids is 1. The first-order valence-electron chi connectivity index (χ1n) is 6.82. The zero-order valence-electron chi connectivity index (χ0n) is 11.9. The number of carbonyl (C=O) groups is 2. The largest absolute Gasteiger partial charge is 0.508 e. The second-order valence-corrected chi connectivity index (χ2v) is 4.90. The van der Waals surface area contributed by atoms with Gasteiger partial charge in [-0.25, -0.2) is 9.59 Å². The number of carbonyl (C=O) groups excluding carboxylic acids is 1. The van der Waals surface area contributed by atoms with Crippen molar-refractivity contribution in [1.82, 2.24) is 0 Å². The Kier molecular flexibility index (Phi) is 3.68. The molecule has 23 heavy (non-hydrogen) atoms. The molecule has 5 heteroatoms. The first-order valence-corrected chi connectivity index (χ1v) is 6.82. The summed E-state index contributed by atoms with van der Waals surface area (Å²) in [7, 11) is 0. The molecule has 0 saturated carbocycles. The van der Waals surface area contributed by atoms with Crippen molar-refractivity contribution in [3.05, 3.63) is 71.8 Å². The molecule has 0 aliphatic heterocycles. The summed E-state index contributed by atoms with van der Waals surface area (Å²) in [6.07, 6.45) is 0. The number of aromatic hydroxyl groups is 1. The predicted molar refractivity (Wildman–Crippen MR) is 84.0 cm³/mol. The van der Waals surface area contributed by atoms with Gasteiger partial charge in [0.15, 0.2) is 0 Å². The maximum atomic E-state index is 12.1. The van der Waals surface area contributed by atoms with E-state index < -0.39 is 11.9 Å². The van der Waals surface area contributed by atoms with Crippen LogP contribution in [0.25, 0.3) is 10.8 Å². The van der Waals surface area contributed by atoms with Gasteiger partial charge in [-0.2, -0.15) is 0 Å². The SMILES string of the molecule is O=C(Oc1ccc2ccccc2c1C(=O)O)c1ccc(O)cc1. The zero-order chi connectivity index (χ0) is 16.4. The first-order chi connectivity index (χ1) is 11.1. The van der Waals surface area contributed by atoms with Crippen LogP contribution >= 0.6 is 0 Å². The second-order valence-electron chi connectivity index (χ2n) is 4.90. The fraction of sp³-hybridized carbons (Fsp3) is 0. The molecule has 0 amide bonds. The molecule has 3 aromatic carbocycles. The normalized spacial score (nSPS) is 10.4. The van der Waals surface area contributed by atoms with E-state index in [-0.39, 0.29) is 22.6 Å². The Morgan fingerprint density at radius 2 is 1.57 bits per heavy atom. The molecule has 0 aliphatic carbocycles. The third-order valence-corrected chi connectivity index (χ3v) is 3.41. The molecular formula is C18H12O5. The smallest absolute Gasteiger partial charge is 0.343 e. The summed E-state index contributed by atoms with van der Waals surface area (Å²) >= 11 is 0. The molecule has 114 valence electrons. The molecular weight excluding hydrogens is 296 g/mol. The molecule has 2 N–H and O–H groups in total. The molecule has 0 unspecified atom stereocenters. The Balaban J connectivity index is 2.02. The average molecular weight is 308 g/mol. The van der Waals surface area contributed by atoms with Crippen LogP contribution in [0.1, 0.15) is 20.7 Å². The lowest BCUT2D eigenvalue weighted by atomic mass is 10.0. The Labute approximate surface area is 131 Å². The third kappa shape index (κ3) is 2.85. The Hall–Kier alpha value is -3.34. The summed E-state index contributed by atoms with van der Waals surface area (Å²) in [4.78, 5) is 23.7. The van der Waals surface area contributed by atoms with E-state index in [9.17, 15) is 19.8 Å². The monoisotopic (exact) mass is 308 g/mol. The van der Waals surface area contributed by atoms with Crippen molar-refractivity contribution in [1.29, 1.82) is 0 Å². The van der Waals surface area contributed by atoms with Gasteiger partial charge in [0.2, 0.25) is 0 Å². The molecule has 5 nitrogen and oxygen atoms in total. The standard InChI is InChI=1S/C18H12O5/c19-13-8-5-12(6-9-13)18(22)23-15-10-7-11-3-1-2-4-14(11)16(15)17(20)21/h1-10,19H,(H,20,21). The summed E-state index contributed by atoms with van der Waals surface area (Å²) < 4.78 is 5.24. The molecule has 3 rings (SSSR count). The van der Waals surface area contributed by atoms with E-state index in [1.807, 2.05) is 0 Å². The molecule has 0 radical (unpaired) electrons. The minimum atomic E-state index is -1.17. The number of benzene rings is 3. The minimum absolute atomic E-state index is 0.0192. The Morgan fingerprint density at radius 3 is 2.26 bits per heavy atom. The lowest BCUT2D eigenvalue weighted by Gasteiger charge is -2.10. The van der Waals surface area contributed by atoms with E-state index in [0.717, 1.165) is 5.39 Å². The van der Waals surface area contributed by atoms with Gasteiger partial charge in [0, 0.05) is 0 Å². The third-order valence-electron chi connectivity index (χ3n) is 3.41. The van der Waals surface area contributed by atoms with Crippen molar-refractivity contribution in [2.45, 2.75) is 0 Å². The van der Waals surface area contributed by atoms with Crippen LogP contribution < -0.4 is 4.74 Å². The van der Waals surface area contributed by atoms with Crippen LogP contribution in [-0.4, -0.2) is 22.2 Å². The van der Waals surface area contributed by atoms with Gasteiger partial charge >= 0.3 is 11.9 Å². The maximum Gasteiger partial charge on any atom is 0.343 e. The molecule has 0 aliphatic rings. The van der Waals surface area contributed by atoms with Crippen LogP contribution in [0.5, 0.6) is 11.5 Å². The highest BCUT2D eigenvalue weighted by Crippen LogP contribution is 2.28. The van der Waals surface area contributed by atoms with E-state index in [2.05, 4.69) is 0 Å². The van der Waals surface area contributed by atoms with E-state index in [4.69, 9.17) is 4.74 Å². The quantitative estimate of drug-likeness (QED) is 0.572. The van der Waals surface area contributed by atoms with Gasteiger partial charge < -0.3 is 14.9 Å². The van der Waals surface area contributed by atoms with Crippen LogP contribution in [0.4, 0.5) is 0 Å². The van der Waals surface area contributed by atoms with E-state index in [0.29, 0.717) is 5.39 Å². The van der Waals surface area contributed by atoms with E-state index in [1.165, 1.54) is 30.3 Å².